The second kappa shape index (κ2) is 5.63. The molecule has 0 bridgehead atoms. The summed E-state index contributed by atoms with van der Waals surface area (Å²) in [6.07, 6.45) is 7.66. The highest BCUT2D eigenvalue weighted by molar-refractivity contribution is 5.15. The predicted molar refractivity (Wildman–Crippen MR) is 66.6 cm³/mol. The summed E-state index contributed by atoms with van der Waals surface area (Å²) < 4.78 is 1.90. The highest BCUT2D eigenvalue weighted by atomic mass is 15.3. The summed E-state index contributed by atoms with van der Waals surface area (Å²) >= 11 is 0. The smallest absolute Gasteiger partial charge is 0.106 e. The lowest BCUT2D eigenvalue weighted by Gasteiger charge is -2.03. The SMILES string of the molecule is Cc1c(CNCCCc2ncc[nH]2)cnn1C. The van der Waals surface area contributed by atoms with Gasteiger partial charge in [-0.1, -0.05) is 0 Å². The van der Waals surface area contributed by atoms with Crippen LogP contribution in [0.15, 0.2) is 18.6 Å². The molecule has 0 atom stereocenters. The van der Waals surface area contributed by atoms with E-state index in [0.29, 0.717) is 0 Å². The highest BCUT2D eigenvalue weighted by Gasteiger charge is 2.02. The van der Waals surface area contributed by atoms with Gasteiger partial charge in [-0.05, 0) is 19.9 Å². The molecular formula is C12H19N5. The lowest BCUT2D eigenvalue weighted by molar-refractivity contribution is 0.637. The molecule has 0 aromatic carbocycles. The number of H-pyrrole nitrogens is 1. The van der Waals surface area contributed by atoms with Crippen molar-refractivity contribution in [2.24, 2.45) is 7.05 Å². The van der Waals surface area contributed by atoms with E-state index in [1.54, 1.807) is 6.20 Å². The Morgan fingerprint density at radius 3 is 3.00 bits per heavy atom. The van der Waals surface area contributed by atoms with Crippen LogP contribution in [0.1, 0.15) is 23.5 Å². The van der Waals surface area contributed by atoms with Gasteiger partial charge in [0.25, 0.3) is 0 Å². The van der Waals surface area contributed by atoms with Gasteiger partial charge in [0.1, 0.15) is 5.82 Å². The summed E-state index contributed by atoms with van der Waals surface area (Å²) in [4.78, 5) is 7.30. The molecular weight excluding hydrogens is 214 g/mol. The number of aromatic nitrogens is 4. The molecule has 0 spiro atoms. The molecule has 0 amide bonds. The second-order valence-corrected chi connectivity index (χ2v) is 4.20. The zero-order valence-corrected chi connectivity index (χ0v) is 10.4. The third-order valence-corrected chi connectivity index (χ3v) is 2.97. The quantitative estimate of drug-likeness (QED) is 0.736. The second-order valence-electron chi connectivity index (χ2n) is 4.20. The van der Waals surface area contributed by atoms with Crippen molar-refractivity contribution >= 4 is 0 Å². The topological polar surface area (TPSA) is 58.5 Å². The van der Waals surface area contributed by atoms with Crippen LogP contribution >= 0.6 is 0 Å². The normalized spacial score (nSPS) is 10.9. The van der Waals surface area contributed by atoms with E-state index < -0.39 is 0 Å². The van der Waals surface area contributed by atoms with Gasteiger partial charge >= 0.3 is 0 Å². The van der Waals surface area contributed by atoms with Crippen LogP contribution in [0.5, 0.6) is 0 Å². The van der Waals surface area contributed by atoms with Gasteiger partial charge in [0.2, 0.25) is 0 Å². The molecule has 5 nitrogen and oxygen atoms in total. The number of nitrogens with one attached hydrogen (secondary N) is 2. The maximum Gasteiger partial charge on any atom is 0.106 e. The molecule has 0 radical (unpaired) electrons. The molecule has 0 aliphatic carbocycles. The fourth-order valence-electron chi connectivity index (χ4n) is 1.76. The highest BCUT2D eigenvalue weighted by Crippen LogP contribution is 2.04. The van der Waals surface area contributed by atoms with Crippen LogP contribution in [0, 0.1) is 6.92 Å². The van der Waals surface area contributed by atoms with Gasteiger partial charge in [-0.2, -0.15) is 5.10 Å². The number of aryl methyl sites for hydroxylation is 2. The summed E-state index contributed by atoms with van der Waals surface area (Å²) in [7, 11) is 1.97. The van der Waals surface area contributed by atoms with Gasteiger partial charge in [0.05, 0.1) is 6.20 Å². The maximum atomic E-state index is 4.22. The largest absolute Gasteiger partial charge is 0.349 e. The van der Waals surface area contributed by atoms with E-state index >= 15 is 0 Å². The number of rotatable bonds is 6. The van der Waals surface area contributed by atoms with Crippen molar-refractivity contribution in [3.05, 3.63) is 35.7 Å². The molecule has 92 valence electrons. The first-order valence-electron chi connectivity index (χ1n) is 5.94. The molecule has 0 saturated carbocycles. The zero-order valence-electron chi connectivity index (χ0n) is 10.4. The minimum atomic E-state index is 0.887. The fraction of sp³-hybridized carbons (Fsp3) is 0.500. The molecule has 2 aromatic rings. The minimum Gasteiger partial charge on any atom is -0.349 e. The zero-order chi connectivity index (χ0) is 12.1. The van der Waals surface area contributed by atoms with Gasteiger partial charge in [-0.25, -0.2) is 4.98 Å². The molecule has 5 heteroatoms. The molecule has 2 rings (SSSR count). The maximum absolute atomic E-state index is 4.22. The number of hydrogen-bond donors (Lipinski definition) is 2. The van der Waals surface area contributed by atoms with Crippen molar-refractivity contribution in [2.75, 3.05) is 6.54 Å². The van der Waals surface area contributed by atoms with Crippen LogP contribution in [0.25, 0.3) is 0 Å². The monoisotopic (exact) mass is 233 g/mol. The van der Waals surface area contributed by atoms with E-state index in [1.165, 1.54) is 11.3 Å². The average molecular weight is 233 g/mol. The first-order chi connectivity index (χ1) is 8.27. The molecule has 0 aliphatic rings. The average Bonchev–Trinajstić information content (AvgIpc) is 2.93. The van der Waals surface area contributed by atoms with Crippen molar-refractivity contribution in [2.45, 2.75) is 26.3 Å². The van der Waals surface area contributed by atoms with E-state index in [9.17, 15) is 0 Å². The van der Waals surface area contributed by atoms with Crippen molar-refractivity contribution in [1.82, 2.24) is 25.1 Å². The molecule has 0 saturated heterocycles. The van der Waals surface area contributed by atoms with Crippen molar-refractivity contribution < 1.29 is 0 Å². The van der Waals surface area contributed by atoms with Gasteiger partial charge < -0.3 is 10.3 Å². The Morgan fingerprint density at radius 1 is 1.47 bits per heavy atom. The standard InChI is InChI=1S/C12H19N5/c1-10-11(9-16-17(10)2)8-13-5-3-4-12-14-6-7-15-12/h6-7,9,13H,3-5,8H2,1-2H3,(H,14,15). The van der Waals surface area contributed by atoms with Gasteiger partial charge in [-0.15, -0.1) is 0 Å². The Bertz CT molecular complexity index is 443. The Kier molecular flexibility index (Phi) is 3.93. The summed E-state index contributed by atoms with van der Waals surface area (Å²) in [6, 6.07) is 0. The Morgan fingerprint density at radius 2 is 2.35 bits per heavy atom. The lowest BCUT2D eigenvalue weighted by atomic mass is 10.2. The fourth-order valence-corrected chi connectivity index (χ4v) is 1.76. The predicted octanol–water partition coefficient (Wildman–Crippen LogP) is 1.17. The molecule has 2 heterocycles. The van der Waals surface area contributed by atoms with Crippen LogP contribution in [0.4, 0.5) is 0 Å². The van der Waals surface area contributed by atoms with Crippen LogP contribution in [0.2, 0.25) is 0 Å². The first-order valence-corrected chi connectivity index (χ1v) is 5.94. The number of aromatic amines is 1. The molecule has 17 heavy (non-hydrogen) atoms. The van der Waals surface area contributed by atoms with Gasteiger partial charge in [0, 0.05) is 43.7 Å². The van der Waals surface area contributed by atoms with Crippen molar-refractivity contribution in [3.63, 3.8) is 0 Å². The van der Waals surface area contributed by atoms with E-state index in [4.69, 9.17) is 0 Å². The van der Waals surface area contributed by atoms with Crippen LogP contribution in [0.3, 0.4) is 0 Å². The van der Waals surface area contributed by atoms with Crippen LogP contribution in [-0.4, -0.2) is 26.3 Å². The molecule has 2 aromatic heterocycles. The summed E-state index contributed by atoms with van der Waals surface area (Å²) in [5.74, 6) is 1.06. The van der Waals surface area contributed by atoms with E-state index in [0.717, 1.165) is 31.8 Å². The van der Waals surface area contributed by atoms with E-state index in [-0.39, 0.29) is 0 Å². The van der Waals surface area contributed by atoms with E-state index in [2.05, 4.69) is 27.3 Å². The minimum absolute atomic E-state index is 0.887. The summed E-state index contributed by atoms with van der Waals surface area (Å²) in [5, 5.41) is 7.64. The first kappa shape index (κ1) is 11.9. The third kappa shape index (κ3) is 3.17. The van der Waals surface area contributed by atoms with E-state index in [1.807, 2.05) is 24.1 Å². The molecule has 2 N–H and O–H groups in total. The number of imidazole rings is 1. The van der Waals surface area contributed by atoms with Crippen molar-refractivity contribution in [3.8, 4) is 0 Å². The molecule has 0 unspecified atom stereocenters. The molecule has 0 aliphatic heterocycles. The van der Waals surface area contributed by atoms with Crippen LogP contribution < -0.4 is 5.32 Å². The molecule has 0 fully saturated rings. The lowest BCUT2D eigenvalue weighted by Crippen LogP contribution is -2.16. The number of hydrogen-bond acceptors (Lipinski definition) is 3. The third-order valence-electron chi connectivity index (χ3n) is 2.97. The Hall–Kier alpha value is -1.62. The van der Waals surface area contributed by atoms with Crippen LogP contribution in [-0.2, 0) is 20.0 Å². The Labute approximate surface area is 101 Å². The summed E-state index contributed by atoms with van der Waals surface area (Å²) in [6.45, 7) is 3.97. The van der Waals surface area contributed by atoms with Gasteiger partial charge in [-0.3, -0.25) is 4.68 Å². The van der Waals surface area contributed by atoms with Gasteiger partial charge in [0.15, 0.2) is 0 Å². The van der Waals surface area contributed by atoms with Crippen molar-refractivity contribution in [1.29, 1.82) is 0 Å². The Balaban J connectivity index is 1.65. The summed E-state index contributed by atoms with van der Waals surface area (Å²) in [5.41, 5.74) is 2.49. The number of nitrogens with zero attached hydrogens (tertiary/aromatic N) is 3.